The summed E-state index contributed by atoms with van der Waals surface area (Å²) in [5.74, 6) is 0.0514. The standard InChI is InChI=1S/C13H21N3O/c1-3-6-10-9-12(15-14-10)13(17)16(2)11-7-4-5-8-11/h9,11H,3-8H2,1-2H3,(H,14,15). The lowest BCUT2D eigenvalue weighted by Crippen LogP contribution is -2.35. The summed E-state index contributed by atoms with van der Waals surface area (Å²) in [5.41, 5.74) is 1.61. The molecule has 1 aromatic heterocycles. The molecule has 0 atom stereocenters. The van der Waals surface area contributed by atoms with Crippen LogP contribution in [0.4, 0.5) is 0 Å². The molecule has 1 aliphatic rings. The highest BCUT2D eigenvalue weighted by molar-refractivity contribution is 5.92. The first-order valence-corrected chi connectivity index (χ1v) is 6.53. The van der Waals surface area contributed by atoms with Gasteiger partial charge in [0.1, 0.15) is 5.69 Å². The second kappa shape index (κ2) is 5.34. The average molecular weight is 235 g/mol. The van der Waals surface area contributed by atoms with Gasteiger partial charge in [0, 0.05) is 18.8 Å². The molecule has 0 aliphatic heterocycles. The van der Waals surface area contributed by atoms with E-state index < -0.39 is 0 Å². The topological polar surface area (TPSA) is 49.0 Å². The minimum absolute atomic E-state index is 0.0514. The molecule has 0 radical (unpaired) electrons. The molecule has 0 saturated heterocycles. The van der Waals surface area contributed by atoms with Crippen LogP contribution in [-0.4, -0.2) is 34.1 Å². The van der Waals surface area contributed by atoms with Crippen LogP contribution >= 0.6 is 0 Å². The van der Waals surface area contributed by atoms with E-state index in [-0.39, 0.29) is 5.91 Å². The second-order valence-corrected chi connectivity index (χ2v) is 4.88. The molecule has 0 spiro atoms. The van der Waals surface area contributed by atoms with Gasteiger partial charge in [0.15, 0.2) is 0 Å². The van der Waals surface area contributed by atoms with Crippen molar-refractivity contribution < 1.29 is 4.79 Å². The van der Waals surface area contributed by atoms with Crippen LogP contribution in [0.2, 0.25) is 0 Å². The van der Waals surface area contributed by atoms with E-state index in [1.54, 1.807) is 0 Å². The molecule has 0 bridgehead atoms. The molecule has 1 N–H and O–H groups in total. The first kappa shape index (κ1) is 12.1. The summed E-state index contributed by atoms with van der Waals surface area (Å²) in [6.07, 6.45) is 6.76. The lowest BCUT2D eigenvalue weighted by molar-refractivity contribution is 0.0729. The normalized spacial score (nSPS) is 16.4. The van der Waals surface area contributed by atoms with Gasteiger partial charge in [-0.2, -0.15) is 5.10 Å². The Morgan fingerprint density at radius 3 is 2.88 bits per heavy atom. The number of hydrogen-bond donors (Lipinski definition) is 1. The van der Waals surface area contributed by atoms with Gasteiger partial charge in [-0.05, 0) is 25.3 Å². The molecule has 1 amide bonds. The van der Waals surface area contributed by atoms with Crippen molar-refractivity contribution in [2.24, 2.45) is 0 Å². The number of carbonyl (C=O) groups excluding carboxylic acids is 1. The molecule has 0 unspecified atom stereocenters. The maximum absolute atomic E-state index is 12.2. The molecule has 0 aromatic carbocycles. The molecular weight excluding hydrogens is 214 g/mol. The maximum atomic E-state index is 12.2. The van der Waals surface area contributed by atoms with Crippen molar-refractivity contribution in [3.05, 3.63) is 17.5 Å². The van der Waals surface area contributed by atoms with Crippen LogP contribution in [0.15, 0.2) is 6.07 Å². The van der Waals surface area contributed by atoms with Gasteiger partial charge in [-0.15, -0.1) is 0 Å². The van der Waals surface area contributed by atoms with Crippen molar-refractivity contribution in [2.75, 3.05) is 7.05 Å². The van der Waals surface area contributed by atoms with E-state index in [1.807, 2.05) is 18.0 Å². The van der Waals surface area contributed by atoms with Gasteiger partial charge in [-0.1, -0.05) is 26.2 Å². The van der Waals surface area contributed by atoms with Gasteiger partial charge >= 0.3 is 0 Å². The van der Waals surface area contributed by atoms with Crippen molar-refractivity contribution in [3.8, 4) is 0 Å². The highest BCUT2D eigenvalue weighted by atomic mass is 16.2. The van der Waals surface area contributed by atoms with Gasteiger partial charge in [-0.25, -0.2) is 0 Å². The van der Waals surface area contributed by atoms with Crippen LogP contribution in [0.3, 0.4) is 0 Å². The third kappa shape index (κ3) is 2.68. The number of nitrogens with one attached hydrogen (secondary N) is 1. The highest BCUT2D eigenvalue weighted by Crippen LogP contribution is 2.23. The predicted molar refractivity (Wildman–Crippen MR) is 66.9 cm³/mol. The molecule has 1 aromatic rings. The van der Waals surface area contributed by atoms with Gasteiger partial charge in [-0.3, -0.25) is 9.89 Å². The van der Waals surface area contributed by atoms with E-state index in [2.05, 4.69) is 17.1 Å². The highest BCUT2D eigenvalue weighted by Gasteiger charge is 2.25. The van der Waals surface area contributed by atoms with Crippen LogP contribution in [0.1, 0.15) is 55.2 Å². The maximum Gasteiger partial charge on any atom is 0.274 e. The number of rotatable bonds is 4. The fourth-order valence-corrected chi connectivity index (χ4v) is 2.51. The minimum Gasteiger partial charge on any atom is -0.337 e. The summed E-state index contributed by atoms with van der Waals surface area (Å²) in [6, 6.07) is 2.30. The van der Waals surface area contributed by atoms with E-state index in [0.717, 1.165) is 31.4 Å². The van der Waals surface area contributed by atoms with Crippen LogP contribution in [-0.2, 0) is 6.42 Å². The lowest BCUT2D eigenvalue weighted by atomic mass is 10.2. The van der Waals surface area contributed by atoms with Crippen molar-refractivity contribution in [3.63, 3.8) is 0 Å². The number of H-pyrrole nitrogens is 1. The third-order valence-corrected chi connectivity index (χ3v) is 3.56. The van der Waals surface area contributed by atoms with Crippen molar-refractivity contribution in [2.45, 2.75) is 51.5 Å². The summed E-state index contributed by atoms with van der Waals surface area (Å²) >= 11 is 0. The molecule has 94 valence electrons. The van der Waals surface area contributed by atoms with Crippen LogP contribution in [0.5, 0.6) is 0 Å². The SMILES string of the molecule is CCCc1cc(C(=O)N(C)C2CCCC2)n[nH]1. The van der Waals surface area contributed by atoms with Crippen molar-refractivity contribution in [1.82, 2.24) is 15.1 Å². The molecule has 1 saturated carbocycles. The van der Waals surface area contributed by atoms with Crippen molar-refractivity contribution in [1.29, 1.82) is 0 Å². The number of carbonyl (C=O) groups is 1. The molecule has 2 rings (SSSR count). The zero-order valence-electron chi connectivity index (χ0n) is 10.7. The Hall–Kier alpha value is -1.32. The Bertz CT molecular complexity index is 380. The Kier molecular flexibility index (Phi) is 3.82. The summed E-state index contributed by atoms with van der Waals surface area (Å²) in [7, 11) is 1.90. The number of aryl methyl sites for hydroxylation is 1. The smallest absolute Gasteiger partial charge is 0.274 e. The van der Waals surface area contributed by atoms with Gasteiger partial charge < -0.3 is 4.90 Å². The Balaban J connectivity index is 2.02. The third-order valence-electron chi connectivity index (χ3n) is 3.56. The largest absolute Gasteiger partial charge is 0.337 e. The number of nitrogens with zero attached hydrogens (tertiary/aromatic N) is 2. The summed E-state index contributed by atoms with van der Waals surface area (Å²) in [6.45, 7) is 2.12. The molecule has 1 heterocycles. The fourth-order valence-electron chi connectivity index (χ4n) is 2.51. The molecular formula is C13H21N3O. The van der Waals surface area contributed by atoms with Crippen LogP contribution < -0.4 is 0 Å². The number of hydrogen-bond acceptors (Lipinski definition) is 2. The van der Waals surface area contributed by atoms with Gasteiger partial charge in [0.2, 0.25) is 0 Å². The molecule has 1 aliphatic carbocycles. The van der Waals surface area contributed by atoms with E-state index in [1.165, 1.54) is 12.8 Å². The first-order chi connectivity index (χ1) is 8.22. The molecule has 17 heavy (non-hydrogen) atoms. The van der Waals surface area contributed by atoms with E-state index in [4.69, 9.17) is 0 Å². The number of aromatic nitrogens is 2. The molecule has 4 heteroatoms. The number of aromatic amines is 1. The second-order valence-electron chi connectivity index (χ2n) is 4.88. The van der Waals surface area contributed by atoms with Crippen LogP contribution in [0.25, 0.3) is 0 Å². The average Bonchev–Trinajstić information content (AvgIpc) is 2.98. The predicted octanol–water partition coefficient (Wildman–Crippen LogP) is 2.38. The first-order valence-electron chi connectivity index (χ1n) is 6.53. The summed E-state index contributed by atoms with van der Waals surface area (Å²) in [4.78, 5) is 14.1. The number of amides is 1. The molecule has 1 fully saturated rings. The lowest BCUT2D eigenvalue weighted by Gasteiger charge is -2.23. The van der Waals surface area contributed by atoms with Gasteiger partial charge in [0.25, 0.3) is 5.91 Å². The zero-order chi connectivity index (χ0) is 12.3. The van der Waals surface area contributed by atoms with E-state index >= 15 is 0 Å². The van der Waals surface area contributed by atoms with Gasteiger partial charge in [0.05, 0.1) is 0 Å². The molecule has 4 nitrogen and oxygen atoms in total. The van der Waals surface area contributed by atoms with E-state index in [0.29, 0.717) is 11.7 Å². The minimum atomic E-state index is 0.0514. The van der Waals surface area contributed by atoms with Crippen LogP contribution in [0, 0.1) is 0 Å². The monoisotopic (exact) mass is 235 g/mol. The quantitative estimate of drug-likeness (QED) is 0.871. The summed E-state index contributed by atoms with van der Waals surface area (Å²) < 4.78 is 0. The zero-order valence-corrected chi connectivity index (χ0v) is 10.7. The Labute approximate surface area is 102 Å². The van der Waals surface area contributed by atoms with Crippen molar-refractivity contribution >= 4 is 5.91 Å². The Morgan fingerprint density at radius 2 is 2.24 bits per heavy atom. The fraction of sp³-hybridized carbons (Fsp3) is 0.692. The van der Waals surface area contributed by atoms with E-state index in [9.17, 15) is 4.79 Å². The Morgan fingerprint density at radius 1 is 1.53 bits per heavy atom. The summed E-state index contributed by atoms with van der Waals surface area (Å²) in [5, 5.41) is 7.05.